The molecule has 0 bridgehead atoms. The van der Waals surface area contributed by atoms with Crippen LogP contribution in [-0.2, 0) is 6.61 Å². The highest BCUT2D eigenvalue weighted by molar-refractivity contribution is 5.62. The van der Waals surface area contributed by atoms with Gasteiger partial charge in [-0.1, -0.05) is 23.4 Å². The Bertz CT molecular complexity index is 457. The van der Waals surface area contributed by atoms with Crippen LogP contribution in [0.15, 0.2) is 22.7 Å². The van der Waals surface area contributed by atoms with Gasteiger partial charge in [-0.2, -0.15) is 4.98 Å². The molecule has 0 radical (unpaired) electrons. The van der Waals surface area contributed by atoms with E-state index < -0.39 is 0 Å². The SMILES string of the molecule is Cc1cccc(C)c1-c1nc(CO)no1. The highest BCUT2D eigenvalue weighted by Gasteiger charge is 2.12. The standard InChI is InChI=1S/C11H12N2O2/c1-7-4-3-5-8(2)10(7)11-12-9(6-14)13-15-11/h3-5,14H,6H2,1-2H3. The molecular weight excluding hydrogens is 192 g/mol. The van der Waals surface area contributed by atoms with Crippen molar-refractivity contribution in [3.63, 3.8) is 0 Å². The fraction of sp³-hybridized carbons (Fsp3) is 0.273. The van der Waals surface area contributed by atoms with E-state index in [1.54, 1.807) is 0 Å². The lowest BCUT2D eigenvalue weighted by Gasteiger charge is -2.03. The summed E-state index contributed by atoms with van der Waals surface area (Å²) >= 11 is 0. The largest absolute Gasteiger partial charge is 0.388 e. The molecule has 0 aliphatic rings. The van der Waals surface area contributed by atoms with Crippen LogP contribution in [0, 0.1) is 13.8 Å². The normalized spacial score (nSPS) is 10.6. The van der Waals surface area contributed by atoms with E-state index in [9.17, 15) is 0 Å². The summed E-state index contributed by atoms with van der Waals surface area (Å²) in [6.07, 6.45) is 0. The number of benzene rings is 1. The predicted molar refractivity (Wildman–Crippen MR) is 55.1 cm³/mol. The number of aliphatic hydroxyl groups excluding tert-OH is 1. The summed E-state index contributed by atoms with van der Waals surface area (Å²) in [5.41, 5.74) is 3.12. The fourth-order valence-electron chi connectivity index (χ4n) is 1.57. The summed E-state index contributed by atoms with van der Waals surface area (Å²) in [5.74, 6) is 0.780. The lowest BCUT2D eigenvalue weighted by atomic mass is 10.0. The van der Waals surface area contributed by atoms with Gasteiger partial charge in [-0.15, -0.1) is 0 Å². The van der Waals surface area contributed by atoms with E-state index in [-0.39, 0.29) is 6.61 Å². The first-order chi connectivity index (χ1) is 7.22. The second-order valence-electron chi connectivity index (χ2n) is 3.44. The number of hydrogen-bond donors (Lipinski definition) is 1. The summed E-state index contributed by atoms with van der Waals surface area (Å²) in [7, 11) is 0. The molecule has 0 saturated heterocycles. The molecule has 1 aromatic heterocycles. The van der Waals surface area contributed by atoms with E-state index >= 15 is 0 Å². The second-order valence-corrected chi connectivity index (χ2v) is 3.44. The van der Waals surface area contributed by atoms with Gasteiger partial charge >= 0.3 is 0 Å². The molecule has 0 amide bonds. The van der Waals surface area contributed by atoms with Gasteiger partial charge < -0.3 is 9.63 Å². The summed E-state index contributed by atoms with van der Waals surface area (Å²) in [6.45, 7) is 3.78. The number of aromatic nitrogens is 2. The number of rotatable bonds is 2. The molecule has 15 heavy (non-hydrogen) atoms. The summed E-state index contributed by atoms with van der Waals surface area (Å²) in [6, 6.07) is 5.97. The molecule has 2 rings (SSSR count). The zero-order valence-electron chi connectivity index (χ0n) is 8.69. The first kappa shape index (κ1) is 9.86. The zero-order chi connectivity index (χ0) is 10.8. The Hall–Kier alpha value is -1.68. The zero-order valence-corrected chi connectivity index (χ0v) is 8.69. The third-order valence-electron chi connectivity index (χ3n) is 2.30. The summed E-state index contributed by atoms with van der Waals surface area (Å²) in [4.78, 5) is 4.09. The summed E-state index contributed by atoms with van der Waals surface area (Å²) < 4.78 is 5.08. The van der Waals surface area contributed by atoms with E-state index in [1.807, 2.05) is 32.0 Å². The molecule has 0 aliphatic heterocycles. The van der Waals surface area contributed by atoms with Gasteiger partial charge in [-0.05, 0) is 25.0 Å². The van der Waals surface area contributed by atoms with Gasteiger partial charge in [0.05, 0.1) is 0 Å². The van der Waals surface area contributed by atoms with Crippen LogP contribution in [0.4, 0.5) is 0 Å². The van der Waals surface area contributed by atoms with Crippen molar-refractivity contribution >= 4 is 0 Å². The monoisotopic (exact) mass is 204 g/mol. The van der Waals surface area contributed by atoms with Gasteiger partial charge in [-0.25, -0.2) is 0 Å². The molecule has 0 saturated carbocycles. The number of nitrogens with zero attached hydrogens (tertiary/aromatic N) is 2. The Morgan fingerprint density at radius 1 is 1.27 bits per heavy atom. The van der Waals surface area contributed by atoms with Gasteiger partial charge in [0.1, 0.15) is 6.61 Å². The molecule has 0 fully saturated rings. The molecular formula is C11H12N2O2. The van der Waals surface area contributed by atoms with Gasteiger partial charge in [0.2, 0.25) is 0 Å². The molecule has 1 N–H and O–H groups in total. The molecule has 78 valence electrons. The maximum atomic E-state index is 8.85. The minimum absolute atomic E-state index is 0.200. The molecule has 1 heterocycles. The van der Waals surface area contributed by atoms with E-state index in [0.717, 1.165) is 16.7 Å². The molecule has 4 nitrogen and oxygen atoms in total. The minimum atomic E-state index is -0.200. The molecule has 0 atom stereocenters. The Kier molecular flexibility index (Phi) is 2.51. The van der Waals surface area contributed by atoms with Crippen molar-refractivity contribution < 1.29 is 9.63 Å². The Labute approximate surface area is 87.6 Å². The average molecular weight is 204 g/mol. The van der Waals surface area contributed by atoms with Crippen LogP contribution in [0.2, 0.25) is 0 Å². The van der Waals surface area contributed by atoms with Gasteiger partial charge in [-0.3, -0.25) is 0 Å². The van der Waals surface area contributed by atoms with Crippen LogP contribution >= 0.6 is 0 Å². The van der Waals surface area contributed by atoms with Crippen molar-refractivity contribution in [2.24, 2.45) is 0 Å². The topological polar surface area (TPSA) is 59.2 Å². The maximum absolute atomic E-state index is 8.85. The highest BCUT2D eigenvalue weighted by Crippen LogP contribution is 2.25. The van der Waals surface area contributed by atoms with Gasteiger partial charge in [0, 0.05) is 5.56 Å². The smallest absolute Gasteiger partial charge is 0.258 e. The molecule has 1 aromatic carbocycles. The van der Waals surface area contributed by atoms with Crippen LogP contribution in [0.1, 0.15) is 17.0 Å². The quantitative estimate of drug-likeness (QED) is 0.810. The van der Waals surface area contributed by atoms with Crippen LogP contribution in [0.3, 0.4) is 0 Å². The van der Waals surface area contributed by atoms with Gasteiger partial charge in [0.15, 0.2) is 5.82 Å². The first-order valence-corrected chi connectivity index (χ1v) is 4.72. The van der Waals surface area contributed by atoms with Crippen LogP contribution in [-0.4, -0.2) is 15.2 Å². The Balaban J connectivity index is 2.53. The van der Waals surface area contributed by atoms with Crippen LogP contribution in [0.25, 0.3) is 11.5 Å². The molecule has 0 aliphatic carbocycles. The number of hydrogen-bond acceptors (Lipinski definition) is 4. The molecule has 0 unspecified atom stereocenters. The maximum Gasteiger partial charge on any atom is 0.258 e. The highest BCUT2D eigenvalue weighted by atomic mass is 16.5. The van der Waals surface area contributed by atoms with Crippen molar-refractivity contribution in [3.05, 3.63) is 35.2 Å². The molecule has 0 spiro atoms. The third-order valence-corrected chi connectivity index (χ3v) is 2.30. The van der Waals surface area contributed by atoms with Crippen molar-refractivity contribution in [1.29, 1.82) is 0 Å². The number of aryl methyl sites for hydroxylation is 2. The lowest BCUT2D eigenvalue weighted by Crippen LogP contribution is -1.89. The average Bonchev–Trinajstić information content (AvgIpc) is 2.66. The van der Waals surface area contributed by atoms with Crippen molar-refractivity contribution in [2.45, 2.75) is 20.5 Å². The van der Waals surface area contributed by atoms with Crippen LogP contribution in [0.5, 0.6) is 0 Å². The second kappa shape index (κ2) is 3.82. The van der Waals surface area contributed by atoms with E-state index in [2.05, 4.69) is 10.1 Å². The predicted octanol–water partition coefficient (Wildman–Crippen LogP) is 1.85. The molecule has 4 heteroatoms. The lowest BCUT2D eigenvalue weighted by molar-refractivity contribution is 0.264. The van der Waals surface area contributed by atoms with E-state index in [1.165, 1.54) is 0 Å². The summed E-state index contributed by atoms with van der Waals surface area (Å²) in [5, 5.41) is 12.5. The van der Waals surface area contributed by atoms with Crippen molar-refractivity contribution in [2.75, 3.05) is 0 Å². The van der Waals surface area contributed by atoms with E-state index in [0.29, 0.717) is 11.7 Å². The van der Waals surface area contributed by atoms with Gasteiger partial charge in [0.25, 0.3) is 5.89 Å². The number of aliphatic hydroxyl groups is 1. The third kappa shape index (κ3) is 1.76. The molecule has 2 aromatic rings. The Morgan fingerprint density at radius 2 is 1.93 bits per heavy atom. The minimum Gasteiger partial charge on any atom is -0.388 e. The Morgan fingerprint density at radius 3 is 2.47 bits per heavy atom. The van der Waals surface area contributed by atoms with Crippen molar-refractivity contribution in [3.8, 4) is 11.5 Å². The van der Waals surface area contributed by atoms with Crippen LogP contribution < -0.4 is 0 Å². The van der Waals surface area contributed by atoms with E-state index in [4.69, 9.17) is 9.63 Å². The first-order valence-electron chi connectivity index (χ1n) is 4.72. The van der Waals surface area contributed by atoms with Crippen molar-refractivity contribution in [1.82, 2.24) is 10.1 Å². The fourth-order valence-corrected chi connectivity index (χ4v) is 1.57.